The lowest BCUT2D eigenvalue weighted by atomic mass is 10.1. The molecule has 0 aliphatic carbocycles. The molecule has 0 amide bonds. The van der Waals surface area contributed by atoms with Crippen molar-refractivity contribution in [1.29, 1.82) is 0 Å². The Morgan fingerprint density at radius 2 is 2.21 bits per heavy atom. The van der Waals surface area contributed by atoms with Gasteiger partial charge in [-0.05, 0) is 13.0 Å². The molecule has 0 atom stereocenters. The molecule has 0 fully saturated rings. The van der Waals surface area contributed by atoms with Gasteiger partial charge in [-0.2, -0.15) is 0 Å². The molecule has 2 aromatic rings. The van der Waals surface area contributed by atoms with Gasteiger partial charge in [-0.25, -0.2) is 0 Å². The van der Waals surface area contributed by atoms with Crippen molar-refractivity contribution >= 4 is 6.29 Å². The maximum atomic E-state index is 10.5. The number of rotatable bonds is 2. The van der Waals surface area contributed by atoms with Crippen molar-refractivity contribution in [2.45, 2.75) is 6.92 Å². The van der Waals surface area contributed by atoms with Crippen molar-refractivity contribution < 1.29 is 9.32 Å². The zero-order valence-corrected chi connectivity index (χ0v) is 7.60. The molecule has 2 aromatic heterocycles. The molecule has 0 aliphatic rings. The minimum absolute atomic E-state index is 0.531. The first kappa shape index (κ1) is 8.62. The lowest BCUT2D eigenvalue weighted by Crippen LogP contribution is -1.85. The third-order valence-electron chi connectivity index (χ3n) is 1.82. The Bertz CT molecular complexity index is 463. The molecule has 0 bridgehead atoms. The number of carbonyl (C=O) groups is 1. The molecule has 2 rings (SSSR count). The van der Waals surface area contributed by atoms with E-state index < -0.39 is 0 Å². The molecule has 0 saturated heterocycles. The first-order valence-electron chi connectivity index (χ1n) is 4.13. The van der Waals surface area contributed by atoms with Gasteiger partial charge in [0, 0.05) is 29.6 Å². The van der Waals surface area contributed by atoms with Gasteiger partial charge in [0.25, 0.3) is 0 Å². The van der Waals surface area contributed by atoms with E-state index in [0.717, 1.165) is 17.6 Å². The van der Waals surface area contributed by atoms with E-state index >= 15 is 0 Å². The summed E-state index contributed by atoms with van der Waals surface area (Å²) in [5, 5.41) is 3.83. The summed E-state index contributed by atoms with van der Waals surface area (Å²) in [5.74, 6) is 0.733. The van der Waals surface area contributed by atoms with Crippen LogP contribution in [-0.4, -0.2) is 16.4 Å². The summed E-state index contributed by atoms with van der Waals surface area (Å²) in [6.07, 6.45) is 3.90. The zero-order chi connectivity index (χ0) is 9.97. The van der Waals surface area contributed by atoms with Gasteiger partial charge >= 0.3 is 0 Å². The van der Waals surface area contributed by atoms with Crippen LogP contribution in [0.3, 0.4) is 0 Å². The number of pyridine rings is 1. The van der Waals surface area contributed by atoms with Crippen molar-refractivity contribution in [3.63, 3.8) is 0 Å². The molecular formula is C10H8N2O2. The third-order valence-corrected chi connectivity index (χ3v) is 1.82. The standard InChI is InChI=1S/C10H8N2O2/c1-7-2-10(12-14-7)9-3-8(6-13)4-11-5-9/h2-6H,1H3. The van der Waals surface area contributed by atoms with Crippen molar-refractivity contribution in [2.24, 2.45) is 0 Å². The second-order valence-corrected chi connectivity index (χ2v) is 2.95. The van der Waals surface area contributed by atoms with Gasteiger partial charge in [-0.15, -0.1) is 0 Å². The van der Waals surface area contributed by atoms with Crippen LogP contribution in [0.2, 0.25) is 0 Å². The van der Waals surface area contributed by atoms with Gasteiger partial charge in [-0.1, -0.05) is 5.16 Å². The average molecular weight is 188 g/mol. The molecule has 4 heteroatoms. The highest BCUT2D eigenvalue weighted by Gasteiger charge is 2.04. The zero-order valence-electron chi connectivity index (χ0n) is 7.60. The number of aldehydes is 1. The summed E-state index contributed by atoms with van der Waals surface area (Å²) < 4.78 is 4.93. The first-order valence-corrected chi connectivity index (χ1v) is 4.13. The van der Waals surface area contributed by atoms with Crippen molar-refractivity contribution in [1.82, 2.24) is 10.1 Å². The highest BCUT2D eigenvalue weighted by Crippen LogP contribution is 2.18. The molecule has 0 aliphatic heterocycles. The fraction of sp³-hybridized carbons (Fsp3) is 0.100. The van der Waals surface area contributed by atoms with Crippen LogP contribution in [0.1, 0.15) is 16.1 Å². The smallest absolute Gasteiger partial charge is 0.151 e. The molecule has 0 N–H and O–H groups in total. The number of hydrogen-bond donors (Lipinski definition) is 0. The van der Waals surface area contributed by atoms with Gasteiger partial charge in [0.05, 0.1) is 0 Å². The SMILES string of the molecule is Cc1cc(-c2cncc(C=O)c2)no1. The number of aromatic nitrogens is 2. The predicted molar refractivity (Wildman–Crippen MR) is 49.9 cm³/mol. The molecule has 70 valence electrons. The van der Waals surface area contributed by atoms with Crippen LogP contribution in [0, 0.1) is 6.92 Å². The predicted octanol–water partition coefficient (Wildman–Crippen LogP) is 1.86. The fourth-order valence-electron chi connectivity index (χ4n) is 1.16. The lowest BCUT2D eigenvalue weighted by molar-refractivity contribution is 0.112. The number of aryl methyl sites for hydroxylation is 1. The van der Waals surface area contributed by atoms with Crippen molar-refractivity contribution in [3.05, 3.63) is 35.9 Å². The van der Waals surface area contributed by atoms with Gasteiger partial charge in [0.15, 0.2) is 6.29 Å². The Morgan fingerprint density at radius 3 is 2.86 bits per heavy atom. The van der Waals surface area contributed by atoms with E-state index in [9.17, 15) is 4.79 Å². The molecule has 14 heavy (non-hydrogen) atoms. The van der Waals surface area contributed by atoms with Gasteiger partial charge in [-0.3, -0.25) is 9.78 Å². The van der Waals surface area contributed by atoms with Gasteiger partial charge < -0.3 is 4.52 Å². The molecule has 0 unspecified atom stereocenters. The Labute approximate surface area is 80.6 Å². The summed E-state index contributed by atoms with van der Waals surface area (Å²) in [6, 6.07) is 3.52. The summed E-state index contributed by atoms with van der Waals surface area (Å²) in [7, 11) is 0. The topological polar surface area (TPSA) is 56.0 Å². The fourth-order valence-corrected chi connectivity index (χ4v) is 1.16. The lowest BCUT2D eigenvalue weighted by Gasteiger charge is -1.94. The van der Waals surface area contributed by atoms with Crippen LogP contribution in [0.25, 0.3) is 11.3 Å². The number of carbonyl (C=O) groups excluding carboxylic acids is 1. The molecule has 0 aromatic carbocycles. The van der Waals surface area contributed by atoms with Crippen LogP contribution < -0.4 is 0 Å². The van der Waals surface area contributed by atoms with E-state index in [0.29, 0.717) is 11.3 Å². The molecule has 0 saturated carbocycles. The number of nitrogens with zero attached hydrogens (tertiary/aromatic N) is 2. The highest BCUT2D eigenvalue weighted by atomic mass is 16.5. The normalized spacial score (nSPS) is 10.1. The molecule has 4 nitrogen and oxygen atoms in total. The first-order chi connectivity index (χ1) is 6.79. The Morgan fingerprint density at radius 1 is 1.36 bits per heavy atom. The third kappa shape index (κ3) is 1.54. The van der Waals surface area contributed by atoms with Crippen molar-refractivity contribution in [2.75, 3.05) is 0 Å². The Kier molecular flexibility index (Phi) is 2.10. The van der Waals surface area contributed by atoms with E-state index in [1.54, 1.807) is 18.3 Å². The van der Waals surface area contributed by atoms with E-state index in [4.69, 9.17) is 4.52 Å². The van der Waals surface area contributed by atoms with Crippen LogP contribution >= 0.6 is 0 Å². The molecule has 0 spiro atoms. The van der Waals surface area contributed by atoms with E-state index in [2.05, 4.69) is 10.1 Å². The minimum atomic E-state index is 0.531. The molecular weight excluding hydrogens is 180 g/mol. The van der Waals surface area contributed by atoms with E-state index in [1.165, 1.54) is 6.20 Å². The average Bonchev–Trinajstić information content (AvgIpc) is 2.65. The molecule has 0 radical (unpaired) electrons. The van der Waals surface area contributed by atoms with E-state index in [-0.39, 0.29) is 0 Å². The summed E-state index contributed by atoms with van der Waals surface area (Å²) in [4.78, 5) is 14.4. The number of hydrogen-bond acceptors (Lipinski definition) is 4. The summed E-state index contributed by atoms with van der Waals surface area (Å²) in [5.41, 5.74) is 2.01. The maximum Gasteiger partial charge on any atom is 0.151 e. The second kappa shape index (κ2) is 3.41. The van der Waals surface area contributed by atoms with E-state index in [1.807, 2.05) is 6.92 Å². The van der Waals surface area contributed by atoms with Crippen LogP contribution in [0.15, 0.2) is 29.0 Å². The Hall–Kier alpha value is -1.97. The van der Waals surface area contributed by atoms with Gasteiger partial charge in [0.2, 0.25) is 0 Å². The van der Waals surface area contributed by atoms with Crippen molar-refractivity contribution in [3.8, 4) is 11.3 Å². The second-order valence-electron chi connectivity index (χ2n) is 2.95. The maximum absolute atomic E-state index is 10.5. The largest absolute Gasteiger partial charge is 0.361 e. The summed E-state index contributed by atoms with van der Waals surface area (Å²) in [6.45, 7) is 1.81. The summed E-state index contributed by atoms with van der Waals surface area (Å²) >= 11 is 0. The molecule has 2 heterocycles. The van der Waals surface area contributed by atoms with Crippen LogP contribution in [0.4, 0.5) is 0 Å². The highest BCUT2D eigenvalue weighted by molar-refractivity contribution is 5.77. The monoisotopic (exact) mass is 188 g/mol. The van der Waals surface area contributed by atoms with Crippen LogP contribution in [-0.2, 0) is 0 Å². The quantitative estimate of drug-likeness (QED) is 0.675. The minimum Gasteiger partial charge on any atom is -0.361 e. The van der Waals surface area contributed by atoms with Crippen LogP contribution in [0.5, 0.6) is 0 Å². The van der Waals surface area contributed by atoms with Gasteiger partial charge in [0.1, 0.15) is 11.5 Å². The Balaban J connectivity index is 2.46.